The van der Waals surface area contributed by atoms with Crippen molar-refractivity contribution in [3.63, 3.8) is 0 Å². The summed E-state index contributed by atoms with van der Waals surface area (Å²) in [6, 6.07) is 9.98. The molecular weight excluding hydrogens is 386 g/mol. The van der Waals surface area contributed by atoms with Crippen molar-refractivity contribution in [2.75, 3.05) is 26.1 Å². The molecule has 8 nitrogen and oxygen atoms in total. The van der Waals surface area contributed by atoms with Crippen LogP contribution in [0.4, 0.5) is 10.5 Å². The molecule has 3 rings (SSSR count). The standard InChI is InChI=1S/C22H25N3O5/c1-13-8-14(2)10-16(9-13)23-19(26)12-25-20(27)22(3,24-21(25)28)15-6-7-17(29-4)18(11-15)30-5/h6-11H,12H2,1-5H3,(H,23,26)(H,24,28). The maximum atomic E-state index is 13.1. The Kier molecular flexibility index (Phi) is 5.69. The van der Waals surface area contributed by atoms with Gasteiger partial charge in [0.1, 0.15) is 12.1 Å². The lowest BCUT2D eigenvalue weighted by Crippen LogP contribution is -2.42. The van der Waals surface area contributed by atoms with Crippen molar-refractivity contribution >= 4 is 23.5 Å². The number of imide groups is 1. The van der Waals surface area contributed by atoms with Gasteiger partial charge in [-0.05, 0) is 61.7 Å². The third-order valence-corrected chi connectivity index (χ3v) is 5.04. The Bertz CT molecular complexity index is 1000. The number of anilines is 1. The van der Waals surface area contributed by atoms with Gasteiger partial charge in [0.25, 0.3) is 5.91 Å². The van der Waals surface area contributed by atoms with Crippen molar-refractivity contribution in [2.24, 2.45) is 0 Å². The molecule has 8 heteroatoms. The van der Waals surface area contributed by atoms with E-state index in [1.807, 2.05) is 32.0 Å². The minimum absolute atomic E-state index is 0.388. The fourth-order valence-corrected chi connectivity index (χ4v) is 3.57. The van der Waals surface area contributed by atoms with Gasteiger partial charge in [-0.1, -0.05) is 12.1 Å². The Balaban J connectivity index is 1.79. The van der Waals surface area contributed by atoms with Crippen molar-refractivity contribution < 1.29 is 23.9 Å². The van der Waals surface area contributed by atoms with Gasteiger partial charge in [-0.25, -0.2) is 4.79 Å². The first-order valence-electron chi connectivity index (χ1n) is 9.42. The lowest BCUT2D eigenvalue weighted by Gasteiger charge is -2.23. The van der Waals surface area contributed by atoms with Crippen LogP contribution < -0.4 is 20.1 Å². The zero-order valence-electron chi connectivity index (χ0n) is 17.7. The number of hydrogen-bond acceptors (Lipinski definition) is 5. The van der Waals surface area contributed by atoms with Gasteiger partial charge < -0.3 is 20.1 Å². The molecule has 1 aliphatic heterocycles. The van der Waals surface area contributed by atoms with Crippen LogP contribution in [0.15, 0.2) is 36.4 Å². The van der Waals surface area contributed by atoms with E-state index in [4.69, 9.17) is 9.47 Å². The van der Waals surface area contributed by atoms with Crippen molar-refractivity contribution in [3.8, 4) is 11.5 Å². The maximum absolute atomic E-state index is 13.1. The Hall–Kier alpha value is -3.55. The fraction of sp³-hybridized carbons (Fsp3) is 0.318. The minimum Gasteiger partial charge on any atom is -0.493 e. The van der Waals surface area contributed by atoms with E-state index in [2.05, 4.69) is 10.6 Å². The monoisotopic (exact) mass is 411 g/mol. The summed E-state index contributed by atoms with van der Waals surface area (Å²) in [7, 11) is 3.00. The zero-order chi connectivity index (χ0) is 22.1. The molecule has 0 radical (unpaired) electrons. The summed E-state index contributed by atoms with van der Waals surface area (Å²) in [5, 5.41) is 5.43. The minimum atomic E-state index is -1.32. The third-order valence-electron chi connectivity index (χ3n) is 5.04. The van der Waals surface area contributed by atoms with Crippen LogP contribution in [0, 0.1) is 13.8 Å². The molecule has 158 valence electrons. The van der Waals surface area contributed by atoms with Crippen LogP contribution in [0.2, 0.25) is 0 Å². The summed E-state index contributed by atoms with van der Waals surface area (Å²) in [4.78, 5) is 39.0. The number of nitrogens with one attached hydrogen (secondary N) is 2. The topological polar surface area (TPSA) is 97.0 Å². The summed E-state index contributed by atoms with van der Waals surface area (Å²) in [6.45, 7) is 5.06. The second-order valence-electron chi connectivity index (χ2n) is 7.44. The molecule has 0 aromatic heterocycles. The quantitative estimate of drug-likeness (QED) is 0.713. The van der Waals surface area contributed by atoms with E-state index in [9.17, 15) is 14.4 Å². The summed E-state index contributed by atoms with van der Waals surface area (Å²) in [5.74, 6) is -0.0362. The first kappa shape index (κ1) is 21.2. The van der Waals surface area contributed by atoms with Crippen LogP contribution >= 0.6 is 0 Å². The number of urea groups is 1. The lowest BCUT2D eigenvalue weighted by molar-refractivity contribution is -0.133. The molecule has 1 atom stereocenters. The molecule has 1 heterocycles. The molecule has 2 N–H and O–H groups in total. The number of methoxy groups -OCH3 is 2. The molecule has 4 amide bonds. The molecule has 2 aromatic rings. The molecule has 1 aliphatic rings. The van der Waals surface area contributed by atoms with E-state index in [0.717, 1.165) is 16.0 Å². The second kappa shape index (κ2) is 8.06. The normalized spacial score (nSPS) is 18.2. The third kappa shape index (κ3) is 3.94. The van der Waals surface area contributed by atoms with Crippen LogP contribution in [0.3, 0.4) is 0 Å². The smallest absolute Gasteiger partial charge is 0.325 e. The average molecular weight is 411 g/mol. The van der Waals surface area contributed by atoms with Crippen LogP contribution in [-0.4, -0.2) is 43.5 Å². The van der Waals surface area contributed by atoms with Gasteiger partial charge in [0.2, 0.25) is 5.91 Å². The highest BCUT2D eigenvalue weighted by atomic mass is 16.5. The number of carbonyl (C=O) groups excluding carboxylic acids is 3. The van der Waals surface area contributed by atoms with E-state index in [0.29, 0.717) is 22.7 Å². The number of benzene rings is 2. The Labute approximate surface area is 175 Å². The molecule has 1 fully saturated rings. The molecule has 1 saturated heterocycles. The van der Waals surface area contributed by atoms with Crippen molar-refractivity contribution in [2.45, 2.75) is 26.3 Å². The molecule has 0 saturated carbocycles. The summed E-state index contributed by atoms with van der Waals surface area (Å²) in [5.41, 5.74) is 1.82. The number of carbonyl (C=O) groups is 3. The van der Waals surface area contributed by atoms with Gasteiger partial charge in [0, 0.05) is 5.69 Å². The van der Waals surface area contributed by atoms with E-state index in [1.165, 1.54) is 14.2 Å². The number of amides is 4. The molecule has 30 heavy (non-hydrogen) atoms. The van der Waals surface area contributed by atoms with Crippen LogP contribution in [0.5, 0.6) is 11.5 Å². The van der Waals surface area contributed by atoms with Gasteiger partial charge in [-0.15, -0.1) is 0 Å². The number of aryl methyl sites for hydroxylation is 2. The van der Waals surface area contributed by atoms with E-state index >= 15 is 0 Å². The predicted octanol–water partition coefficient (Wildman–Crippen LogP) is 2.73. The highest BCUT2D eigenvalue weighted by molar-refractivity contribution is 6.10. The largest absolute Gasteiger partial charge is 0.493 e. The Morgan fingerprint density at radius 3 is 2.27 bits per heavy atom. The molecule has 1 unspecified atom stereocenters. The van der Waals surface area contributed by atoms with Crippen molar-refractivity contribution in [1.29, 1.82) is 0 Å². The first-order chi connectivity index (χ1) is 14.2. The van der Waals surface area contributed by atoms with Crippen molar-refractivity contribution in [1.82, 2.24) is 10.2 Å². The fourth-order valence-electron chi connectivity index (χ4n) is 3.57. The number of rotatable bonds is 6. The number of nitrogens with zero attached hydrogens (tertiary/aromatic N) is 1. The Morgan fingerprint density at radius 2 is 1.67 bits per heavy atom. The van der Waals surface area contributed by atoms with Crippen LogP contribution in [0.25, 0.3) is 0 Å². The molecule has 0 spiro atoms. The van der Waals surface area contributed by atoms with E-state index in [1.54, 1.807) is 25.1 Å². The van der Waals surface area contributed by atoms with E-state index < -0.39 is 23.4 Å². The molecule has 0 aliphatic carbocycles. The molecular formula is C22H25N3O5. The van der Waals surface area contributed by atoms with E-state index in [-0.39, 0.29) is 6.54 Å². The van der Waals surface area contributed by atoms with Crippen LogP contribution in [-0.2, 0) is 15.1 Å². The van der Waals surface area contributed by atoms with Crippen LogP contribution in [0.1, 0.15) is 23.6 Å². The maximum Gasteiger partial charge on any atom is 0.325 e. The Morgan fingerprint density at radius 1 is 1.03 bits per heavy atom. The van der Waals surface area contributed by atoms with Gasteiger partial charge in [0.05, 0.1) is 14.2 Å². The van der Waals surface area contributed by atoms with Gasteiger partial charge in [-0.2, -0.15) is 0 Å². The SMILES string of the molecule is COc1ccc(C2(C)NC(=O)N(CC(=O)Nc3cc(C)cc(C)c3)C2=O)cc1OC. The zero-order valence-corrected chi connectivity index (χ0v) is 17.7. The number of hydrogen-bond donors (Lipinski definition) is 2. The van der Waals surface area contributed by atoms with Gasteiger partial charge >= 0.3 is 6.03 Å². The molecule has 0 bridgehead atoms. The lowest BCUT2D eigenvalue weighted by atomic mass is 9.91. The highest BCUT2D eigenvalue weighted by Crippen LogP contribution is 2.35. The second-order valence-corrected chi connectivity index (χ2v) is 7.44. The number of ether oxygens (including phenoxy) is 2. The van der Waals surface area contributed by atoms with Crippen molar-refractivity contribution in [3.05, 3.63) is 53.1 Å². The van der Waals surface area contributed by atoms with Gasteiger partial charge in [0.15, 0.2) is 11.5 Å². The summed E-state index contributed by atoms with van der Waals surface area (Å²) >= 11 is 0. The first-order valence-corrected chi connectivity index (χ1v) is 9.42. The summed E-state index contributed by atoms with van der Waals surface area (Å²) in [6.07, 6.45) is 0. The highest BCUT2D eigenvalue weighted by Gasteiger charge is 2.49. The summed E-state index contributed by atoms with van der Waals surface area (Å²) < 4.78 is 10.5. The molecule has 2 aromatic carbocycles. The predicted molar refractivity (Wildman–Crippen MR) is 112 cm³/mol. The van der Waals surface area contributed by atoms with Gasteiger partial charge in [-0.3, -0.25) is 14.5 Å². The average Bonchev–Trinajstić information content (AvgIpc) is 2.90.